The van der Waals surface area contributed by atoms with Crippen LogP contribution >= 0.6 is 23.2 Å². The van der Waals surface area contributed by atoms with Crippen molar-refractivity contribution >= 4 is 34.1 Å². The van der Waals surface area contributed by atoms with Crippen LogP contribution in [0.1, 0.15) is 11.1 Å². The number of nitrogens with zero attached hydrogens (tertiary/aromatic N) is 1. The number of methoxy groups -OCH3 is 2. The fourth-order valence-electron chi connectivity index (χ4n) is 2.39. The molecule has 0 radical (unpaired) electrons. The lowest BCUT2D eigenvalue weighted by Gasteiger charge is -2.14. The number of fused-ring (bicyclic) bond motifs is 1. The number of benzene rings is 2. The van der Waals surface area contributed by atoms with Gasteiger partial charge in [-0.1, -0.05) is 35.3 Å². The average molecular weight is 337 g/mol. The molecule has 0 atom stereocenters. The van der Waals surface area contributed by atoms with Gasteiger partial charge >= 0.3 is 0 Å². The van der Waals surface area contributed by atoms with Gasteiger partial charge in [-0.15, -0.1) is 0 Å². The summed E-state index contributed by atoms with van der Waals surface area (Å²) in [6, 6.07) is 7.75. The summed E-state index contributed by atoms with van der Waals surface area (Å²) in [5.41, 5.74) is 2.81. The first-order valence-electron chi connectivity index (χ1n) is 6.65. The Morgan fingerprint density at radius 1 is 1.05 bits per heavy atom. The van der Waals surface area contributed by atoms with E-state index in [1.54, 1.807) is 26.5 Å². The van der Waals surface area contributed by atoms with Crippen molar-refractivity contribution < 1.29 is 9.47 Å². The highest BCUT2D eigenvalue weighted by molar-refractivity contribution is 6.37. The molecular formula is C16H14Cl2N2O2. The number of aromatic nitrogens is 2. The number of hydrogen-bond acceptors (Lipinski definition) is 3. The summed E-state index contributed by atoms with van der Waals surface area (Å²) in [4.78, 5) is 0. The Kier molecular flexibility index (Phi) is 4.14. The molecule has 0 unspecified atom stereocenters. The molecule has 1 heterocycles. The summed E-state index contributed by atoms with van der Waals surface area (Å²) in [5.74, 6) is 1.08. The number of H-pyrrole nitrogens is 1. The molecule has 0 aliphatic rings. The van der Waals surface area contributed by atoms with Gasteiger partial charge in [-0.3, -0.25) is 5.10 Å². The van der Waals surface area contributed by atoms with E-state index in [9.17, 15) is 0 Å². The molecular weight excluding hydrogens is 323 g/mol. The molecule has 3 aromatic rings. The molecule has 1 N–H and O–H groups in total. The van der Waals surface area contributed by atoms with Crippen molar-refractivity contribution in [1.29, 1.82) is 0 Å². The number of ether oxygens (including phenoxy) is 2. The Balaban J connectivity index is 2.06. The van der Waals surface area contributed by atoms with Gasteiger partial charge in [-0.25, -0.2) is 0 Å². The first kappa shape index (κ1) is 15.0. The van der Waals surface area contributed by atoms with Crippen LogP contribution in [0.2, 0.25) is 10.0 Å². The van der Waals surface area contributed by atoms with E-state index in [-0.39, 0.29) is 0 Å². The van der Waals surface area contributed by atoms with E-state index in [4.69, 9.17) is 32.7 Å². The third kappa shape index (κ3) is 2.60. The van der Waals surface area contributed by atoms with Gasteiger partial charge in [-0.05, 0) is 11.6 Å². The van der Waals surface area contributed by atoms with Crippen LogP contribution in [0.15, 0.2) is 30.5 Å². The molecule has 6 heteroatoms. The first-order valence-corrected chi connectivity index (χ1v) is 7.40. The summed E-state index contributed by atoms with van der Waals surface area (Å²) >= 11 is 12.8. The van der Waals surface area contributed by atoms with Crippen LogP contribution < -0.4 is 9.47 Å². The lowest BCUT2D eigenvalue weighted by molar-refractivity contribution is 0.394. The number of aromatic amines is 1. The summed E-state index contributed by atoms with van der Waals surface area (Å²) < 4.78 is 10.6. The smallest absolute Gasteiger partial charge is 0.141 e. The maximum atomic E-state index is 6.41. The Morgan fingerprint density at radius 3 is 2.36 bits per heavy atom. The molecule has 0 aliphatic carbocycles. The SMILES string of the molecule is COc1cc(OC)c(Cl)c(Cc2ccc3cn[nH]c3c2)c1Cl. The molecule has 0 fully saturated rings. The molecule has 0 aliphatic heterocycles. The minimum atomic E-state index is 0.498. The maximum Gasteiger partial charge on any atom is 0.141 e. The Labute approximate surface area is 137 Å². The quantitative estimate of drug-likeness (QED) is 0.764. The van der Waals surface area contributed by atoms with E-state index in [1.165, 1.54) is 0 Å². The third-order valence-electron chi connectivity index (χ3n) is 3.55. The predicted molar refractivity (Wildman–Crippen MR) is 88.5 cm³/mol. The monoisotopic (exact) mass is 336 g/mol. The molecule has 2 aromatic carbocycles. The Morgan fingerprint density at radius 2 is 1.73 bits per heavy atom. The predicted octanol–water partition coefficient (Wildman–Crippen LogP) is 4.48. The molecule has 0 saturated carbocycles. The molecule has 0 saturated heterocycles. The second-order valence-corrected chi connectivity index (χ2v) is 5.61. The Bertz CT molecular complexity index is 802. The van der Waals surface area contributed by atoms with Gasteiger partial charge in [0.25, 0.3) is 0 Å². The minimum absolute atomic E-state index is 0.498. The van der Waals surface area contributed by atoms with Crippen molar-refractivity contribution in [2.45, 2.75) is 6.42 Å². The van der Waals surface area contributed by atoms with Gasteiger partial charge in [0, 0.05) is 23.4 Å². The summed E-state index contributed by atoms with van der Waals surface area (Å²) in [6.07, 6.45) is 2.35. The van der Waals surface area contributed by atoms with Gasteiger partial charge in [0.2, 0.25) is 0 Å². The molecule has 114 valence electrons. The molecule has 0 bridgehead atoms. The highest BCUT2D eigenvalue weighted by Gasteiger charge is 2.17. The molecule has 0 spiro atoms. The van der Waals surface area contributed by atoms with Gasteiger partial charge in [0.05, 0.1) is 36.0 Å². The van der Waals surface area contributed by atoms with E-state index in [0.717, 1.165) is 22.0 Å². The Hall–Kier alpha value is -1.91. The van der Waals surface area contributed by atoms with Crippen LogP contribution in [0.3, 0.4) is 0 Å². The van der Waals surface area contributed by atoms with Crippen molar-refractivity contribution in [3.05, 3.63) is 51.6 Å². The van der Waals surface area contributed by atoms with Gasteiger partial charge in [0.15, 0.2) is 0 Å². The summed E-state index contributed by atoms with van der Waals surface area (Å²) in [5, 5.41) is 9.03. The zero-order valence-electron chi connectivity index (χ0n) is 12.1. The fourth-order valence-corrected chi connectivity index (χ4v) is 3.02. The standard InChI is InChI=1S/C16H14Cl2N2O2/c1-21-13-7-14(22-2)16(18)11(15(13)17)5-9-3-4-10-8-19-20-12(10)6-9/h3-4,6-8H,5H2,1-2H3,(H,19,20). The molecule has 4 nitrogen and oxygen atoms in total. The average Bonchev–Trinajstić information content (AvgIpc) is 2.99. The highest BCUT2D eigenvalue weighted by Crippen LogP contribution is 2.41. The van der Waals surface area contributed by atoms with Crippen molar-refractivity contribution in [2.75, 3.05) is 14.2 Å². The van der Waals surface area contributed by atoms with Crippen LogP contribution in [-0.2, 0) is 6.42 Å². The molecule has 0 amide bonds. The van der Waals surface area contributed by atoms with Gasteiger partial charge in [0.1, 0.15) is 11.5 Å². The summed E-state index contributed by atoms with van der Waals surface area (Å²) in [7, 11) is 3.13. The first-order chi connectivity index (χ1) is 10.6. The van der Waals surface area contributed by atoms with Crippen molar-refractivity contribution in [3.63, 3.8) is 0 Å². The van der Waals surface area contributed by atoms with Crippen molar-refractivity contribution in [1.82, 2.24) is 10.2 Å². The zero-order chi connectivity index (χ0) is 15.7. The molecule has 3 rings (SSSR count). The molecule has 1 aromatic heterocycles. The highest BCUT2D eigenvalue weighted by atomic mass is 35.5. The fraction of sp³-hybridized carbons (Fsp3) is 0.188. The number of rotatable bonds is 4. The van der Waals surface area contributed by atoms with Crippen LogP contribution in [0.5, 0.6) is 11.5 Å². The number of hydrogen-bond donors (Lipinski definition) is 1. The second kappa shape index (κ2) is 6.07. The van der Waals surface area contributed by atoms with E-state index < -0.39 is 0 Å². The second-order valence-electron chi connectivity index (χ2n) is 4.86. The van der Waals surface area contributed by atoms with Crippen LogP contribution in [0, 0.1) is 0 Å². The number of nitrogens with one attached hydrogen (secondary N) is 1. The van der Waals surface area contributed by atoms with E-state index >= 15 is 0 Å². The van der Waals surface area contributed by atoms with Gasteiger partial charge < -0.3 is 9.47 Å². The van der Waals surface area contributed by atoms with Crippen LogP contribution in [0.25, 0.3) is 10.9 Å². The zero-order valence-corrected chi connectivity index (χ0v) is 13.6. The van der Waals surface area contributed by atoms with E-state index in [2.05, 4.69) is 10.2 Å². The largest absolute Gasteiger partial charge is 0.495 e. The van der Waals surface area contributed by atoms with Crippen molar-refractivity contribution in [3.8, 4) is 11.5 Å². The molecule has 22 heavy (non-hydrogen) atoms. The van der Waals surface area contributed by atoms with Crippen LogP contribution in [-0.4, -0.2) is 24.4 Å². The minimum Gasteiger partial charge on any atom is -0.495 e. The van der Waals surface area contributed by atoms with E-state index in [1.807, 2.05) is 18.2 Å². The summed E-state index contributed by atoms with van der Waals surface area (Å²) in [6.45, 7) is 0. The van der Waals surface area contributed by atoms with Gasteiger partial charge in [-0.2, -0.15) is 5.10 Å². The van der Waals surface area contributed by atoms with Crippen molar-refractivity contribution in [2.24, 2.45) is 0 Å². The maximum absolute atomic E-state index is 6.41. The lowest BCUT2D eigenvalue weighted by Crippen LogP contribution is -1.97. The topological polar surface area (TPSA) is 47.1 Å². The normalized spacial score (nSPS) is 10.9. The van der Waals surface area contributed by atoms with E-state index in [0.29, 0.717) is 28.0 Å². The number of halogens is 2. The third-order valence-corrected chi connectivity index (χ3v) is 4.38. The van der Waals surface area contributed by atoms with Crippen LogP contribution in [0.4, 0.5) is 0 Å². The lowest BCUT2D eigenvalue weighted by atomic mass is 10.0.